The van der Waals surface area contributed by atoms with Crippen LogP contribution >= 0.6 is 0 Å². The zero-order valence-corrected chi connectivity index (χ0v) is 9.86. The molecule has 2 atom stereocenters. The Bertz CT molecular complexity index is 434. The quantitative estimate of drug-likeness (QED) is 0.718. The molecule has 0 spiro atoms. The second-order valence-electron chi connectivity index (χ2n) is 4.13. The fourth-order valence-corrected chi connectivity index (χ4v) is 1.87. The zero-order valence-electron chi connectivity index (χ0n) is 9.86. The summed E-state index contributed by atoms with van der Waals surface area (Å²) < 4.78 is 5.10. The van der Waals surface area contributed by atoms with E-state index in [-0.39, 0.29) is 18.6 Å². The van der Waals surface area contributed by atoms with Crippen molar-refractivity contribution in [3.63, 3.8) is 0 Å². The average Bonchev–Trinajstić information content (AvgIpc) is 2.64. The monoisotopic (exact) mass is 236 g/mol. The number of ether oxygens (including phenoxy) is 1. The van der Waals surface area contributed by atoms with Gasteiger partial charge in [-0.3, -0.25) is 10.1 Å². The predicted molar refractivity (Wildman–Crippen MR) is 64.0 cm³/mol. The summed E-state index contributed by atoms with van der Waals surface area (Å²) in [6.45, 7) is 1.82. The molecule has 2 rings (SSSR count). The SMILES string of the molecule is COc1ccc2c(c1)NC(=O)C2NC(C)CO. The van der Waals surface area contributed by atoms with Crippen LogP contribution in [0.5, 0.6) is 5.75 Å². The van der Waals surface area contributed by atoms with E-state index in [0.29, 0.717) is 5.75 Å². The molecule has 1 aromatic rings. The van der Waals surface area contributed by atoms with E-state index in [1.54, 1.807) is 13.2 Å². The summed E-state index contributed by atoms with van der Waals surface area (Å²) in [6.07, 6.45) is 0. The van der Waals surface area contributed by atoms with Gasteiger partial charge in [0.05, 0.1) is 13.7 Å². The lowest BCUT2D eigenvalue weighted by Crippen LogP contribution is -2.36. The van der Waals surface area contributed by atoms with Gasteiger partial charge >= 0.3 is 0 Å². The second kappa shape index (κ2) is 4.73. The van der Waals surface area contributed by atoms with Gasteiger partial charge in [0.1, 0.15) is 11.8 Å². The Balaban J connectivity index is 2.25. The van der Waals surface area contributed by atoms with Crippen LogP contribution in [0, 0.1) is 0 Å². The van der Waals surface area contributed by atoms with Gasteiger partial charge < -0.3 is 15.2 Å². The first-order valence-electron chi connectivity index (χ1n) is 5.51. The van der Waals surface area contributed by atoms with E-state index in [0.717, 1.165) is 11.3 Å². The van der Waals surface area contributed by atoms with Crippen LogP contribution in [-0.4, -0.2) is 30.8 Å². The van der Waals surface area contributed by atoms with Gasteiger partial charge in [-0.05, 0) is 13.0 Å². The highest BCUT2D eigenvalue weighted by molar-refractivity contribution is 6.02. The van der Waals surface area contributed by atoms with Gasteiger partial charge in [0.15, 0.2) is 0 Å². The lowest BCUT2D eigenvalue weighted by molar-refractivity contribution is -0.117. The Hall–Kier alpha value is -1.59. The number of aliphatic hydroxyl groups is 1. The molecular weight excluding hydrogens is 220 g/mol. The molecule has 0 fully saturated rings. The fourth-order valence-electron chi connectivity index (χ4n) is 1.87. The Kier molecular flexibility index (Phi) is 3.31. The third-order valence-electron chi connectivity index (χ3n) is 2.82. The molecule has 0 radical (unpaired) electrons. The van der Waals surface area contributed by atoms with Crippen molar-refractivity contribution < 1.29 is 14.6 Å². The number of nitrogens with one attached hydrogen (secondary N) is 2. The van der Waals surface area contributed by atoms with Crippen molar-refractivity contribution in [1.82, 2.24) is 5.32 Å². The molecule has 0 aromatic heterocycles. The summed E-state index contributed by atoms with van der Waals surface area (Å²) in [5.74, 6) is 0.605. The molecule has 1 amide bonds. The number of methoxy groups -OCH3 is 1. The Morgan fingerprint density at radius 1 is 1.59 bits per heavy atom. The molecule has 5 nitrogen and oxygen atoms in total. The maximum Gasteiger partial charge on any atom is 0.246 e. The Morgan fingerprint density at radius 3 is 3.00 bits per heavy atom. The third-order valence-corrected chi connectivity index (χ3v) is 2.82. The molecule has 0 bridgehead atoms. The molecule has 1 aromatic carbocycles. The molecule has 17 heavy (non-hydrogen) atoms. The highest BCUT2D eigenvalue weighted by atomic mass is 16.5. The first kappa shape index (κ1) is 11.9. The van der Waals surface area contributed by atoms with Crippen LogP contribution < -0.4 is 15.4 Å². The van der Waals surface area contributed by atoms with Gasteiger partial charge in [0.25, 0.3) is 0 Å². The van der Waals surface area contributed by atoms with E-state index >= 15 is 0 Å². The van der Waals surface area contributed by atoms with E-state index in [4.69, 9.17) is 9.84 Å². The first-order valence-corrected chi connectivity index (χ1v) is 5.51. The number of fused-ring (bicyclic) bond motifs is 1. The first-order chi connectivity index (χ1) is 8.15. The molecule has 1 aliphatic rings. The van der Waals surface area contributed by atoms with E-state index in [9.17, 15) is 4.79 Å². The minimum atomic E-state index is -0.405. The number of rotatable bonds is 4. The predicted octanol–water partition coefficient (Wildman–Crippen LogP) is 0.659. The summed E-state index contributed by atoms with van der Waals surface area (Å²) in [7, 11) is 1.59. The van der Waals surface area contributed by atoms with Crippen LogP contribution in [-0.2, 0) is 4.79 Å². The highest BCUT2D eigenvalue weighted by Crippen LogP contribution is 2.33. The van der Waals surface area contributed by atoms with E-state index < -0.39 is 6.04 Å². The fraction of sp³-hybridized carbons (Fsp3) is 0.417. The molecule has 0 saturated heterocycles. The summed E-state index contributed by atoms with van der Waals surface area (Å²) >= 11 is 0. The van der Waals surface area contributed by atoms with E-state index in [1.807, 2.05) is 19.1 Å². The maximum absolute atomic E-state index is 11.8. The number of anilines is 1. The van der Waals surface area contributed by atoms with Crippen LogP contribution in [0.15, 0.2) is 18.2 Å². The molecule has 5 heteroatoms. The molecule has 92 valence electrons. The number of hydrogen-bond donors (Lipinski definition) is 3. The standard InChI is InChI=1S/C12H16N2O3/c1-7(6-15)13-11-9-4-3-8(17-2)5-10(9)14-12(11)16/h3-5,7,11,13,15H,6H2,1-2H3,(H,14,16). The van der Waals surface area contributed by atoms with Gasteiger partial charge in [-0.1, -0.05) is 6.07 Å². The lowest BCUT2D eigenvalue weighted by Gasteiger charge is -2.16. The molecule has 0 aliphatic carbocycles. The molecular formula is C12H16N2O3. The van der Waals surface area contributed by atoms with Crippen LogP contribution in [0.1, 0.15) is 18.5 Å². The summed E-state index contributed by atoms with van der Waals surface area (Å²) in [5, 5.41) is 14.9. The van der Waals surface area contributed by atoms with Crippen molar-refractivity contribution in [2.75, 3.05) is 19.0 Å². The summed E-state index contributed by atoms with van der Waals surface area (Å²) in [5.41, 5.74) is 1.65. The van der Waals surface area contributed by atoms with Gasteiger partial charge in [-0.15, -0.1) is 0 Å². The highest BCUT2D eigenvalue weighted by Gasteiger charge is 2.31. The number of amides is 1. The summed E-state index contributed by atoms with van der Waals surface area (Å²) in [6, 6.07) is 4.93. The van der Waals surface area contributed by atoms with Gasteiger partial charge in [0.2, 0.25) is 5.91 Å². The minimum absolute atomic E-state index is 0.00469. The number of aliphatic hydroxyl groups excluding tert-OH is 1. The van der Waals surface area contributed by atoms with Crippen molar-refractivity contribution in [1.29, 1.82) is 0 Å². The van der Waals surface area contributed by atoms with Gasteiger partial charge in [-0.2, -0.15) is 0 Å². The number of carbonyl (C=O) groups is 1. The molecule has 1 aliphatic heterocycles. The Labute approximate surface area is 99.8 Å². The topological polar surface area (TPSA) is 70.6 Å². The zero-order chi connectivity index (χ0) is 12.4. The smallest absolute Gasteiger partial charge is 0.246 e. The average molecular weight is 236 g/mol. The van der Waals surface area contributed by atoms with Crippen LogP contribution in [0.3, 0.4) is 0 Å². The van der Waals surface area contributed by atoms with E-state index in [1.165, 1.54) is 0 Å². The van der Waals surface area contributed by atoms with Crippen LogP contribution in [0.2, 0.25) is 0 Å². The lowest BCUT2D eigenvalue weighted by atomic mass is 10.1. The van der Waals surface area contributed by atoms with Crippen LogP contribution in [0.25, 0.3) is 0 Å². The molecule has 1 heterocycles. The molecule has 2 unspecified atom stereocenters. The second-order valence-corrected chi connectivity index (χ2v) is 4.13. The van der Waals surface area contributed by atoms with Crippen molar-refractivity contribution in [2.24, 2.45) is 0 Å². The maximum atomic E-state index is 11.8. The van der Waals surface area contributed by atoms with Crippen molar-refractivity contribution in [3.05, 3.63) is 23.8 Å². The minimum Gasteiger partial charge on any atom is -0.497 e. The van der Waals surface area contributed by atoms with Crippen molar-refractivity contribution in [3.8, 4) is 5.75 Å². The van der Waals surface area contributed by atoms with Gasteiger partial charge in [-0.25, -0.2) is 0 Å². The normalized spacial score (nSPS) is 19.7. The molecule has 0 saturated carbocycles. The van der Waals surface area contributed by atoms with Gasteiger partial charge in [0, 0.05) is 23.4 Å². The Morgan fingerprint density at radius 2 is 2.35 bits per heavy atom. The van der Waals surface area contributed by atoms with Crippen LogP contribution in [0.4, 0.5) is 5.69 Å². The number of hydrogen-bond acceptors (Lipinski definition) is 4. The van der Waals surface area contributed by atoms with Crippen molar-refractivity contribution in [2.45, 2.75) is 19.0 Å². The van der Waals surface area contributed by atoms with E-state index in [2.05, 4.69) is 10.6 Å². The third kappa shape index (κ3) is 2.25. The van der Waals surface area contributed by atoms with Crippen molar-refractivity contribution >= 4 is 11.6 Å². The number of carbonyl (C=O) groups excluding carboxylic acids is 1. The largest absolute Gasteiger partial charge is 0.497 e. The number of benzene rings is 1. The summed E-state index contributed by atoms with van der Waals surface area (Å²) in [4.78, 5) is 11.8. The molecule has 3 N–H and O–H groups in total.